The first kappa shape index (κ1) is 26.7. The lowest BCUT2D eigenvalue weighted by atomic mass is 9.56. The van der Waals surface area contributed by atoms with Crippen LogP contribution in [0.3, 0.4) is 0 Å². The van der Waals surface area contributed by atoms with Crippen LogP contribution in [0.15, 0.2) is 41.1 Å². The number of Topliss-reactive ketones (excluding diaryl/α,β-unsaturated/α-hetero) is 1. The van der Waals surface area contributed by atoms with Crippen LogP contribution in [0.5, 0.6) is 5.75 Å². The molecule has 1 saturated carbocycles. The summed E-state index contributed by atoms with van der Waals surface area (Å²) < 4.78 is 23.4. The van der Waals surface area contributed by atoms with Crippen molar-refractivity contribution in [1.29, 1.82) is 0 Å². The van der Waals surface area contributed by atoms with Crippen molar-refractivity contribution >= 4 is 33.9 Å². The molecule has 2 aromatic heterocycles. The summed E-state index contributed by atoms with van der Waals surface area (Å²) in [5.74, 6) is -0.597. The Bertz CT molecular complexity index is 1440. The van der Waals surface area contributed by atoms with Gasteiger partial charge in [0.1, 0.15) is 28.5 Å². The number of hydrogen-bond donors (Lipinski definition) is 1. The Labute approximate surface area is 235 Å². The number of ketones is 1. The van der Waals surface area contributed by atoms with Crippen molar-refractivity contribution in [2.24, 2.45) is 17.1 Å². The standard InChI is InChI=1S/C29H31N3O7S/c1-16-22-24(33)29(13-17(14-29)25(30)34)28(35)32(27(22)40-23(16)26-31-9-12-38-26)15-21(39-18-7-10-37-11-8-18)19-5-3-4-6-20(19)36-2/h3-6,9,12,17-18,21H,7-8,10-11,13-15H2,1-2H3,(H2,30,34)/t17?,21-,29?/m0/s1. The molecule has 3 aromatic rings. The first-order valence-corrected chi connectivity index (χ1v) is 14.2. The van der Waals surface area contributed by atoms with Gasteiger partial charge in [-0.05, 0) is 44.2 Å². The minimum atomic E-state index is -1.34. The van der Waals surface area contributed by atoms with Gasteiger partial charge in [0.2, 0.25) is 17.7 Å². The topological polar surface area (TPSA) is 134 Å². The highest BCUT2D eigenvalue weighted by atomic mass is 32.1. The van der Waals surface area contributed by atoms with Crippen LogP contribution < -0.4 is 15.4 Å². The van der Waals surface area contributed by atoms with Gasteiger partial charge >= 0.3 is 0 Å². The lowest BCUT2D eigenvalue weighted by molar-refractivity contribution is -0.139. The number of carbonyl (C=O) groups excluding carboxylic acids is 3. The molecule has 40 heavy (non-hydrogen) atoms. The van der Waals surface area contributed by atoms with E-state index in [0.29, 0.717) is 45.9 Å². The number of fused-ring (bicyclic) bond motifs is 1. The monoisotopic (exact) mass is 565 g/mol. The van der Waals surface area contributed by atoms with Crippen LogP contribution in [0.4, 0.5) is 5.00 Å². The number of aromatic nitrogens is 1. The number of ether oxygens (including phenoxy) is 3. The lowest BCUT2D eigenvalue weighted by Crippen LogP contribution is -2.61. The number of methoxy groups -OCH3 is 1. The van der Waals surface area contributed by atoms with Crippen molar-refractivity contribution in [3.63, 3.8) is 0 Å². The number of benzene rings is 1. The summed E-state index contributed by atoms with van der Waals surface area (Å²) in [6.07, 6.45) is 4.08. The highest BCUT2D eigenvalue weighted by Crippen LogP contribution is 2.57. The second-order valence-electron chi connectivity index (χ2n) is 10.6. The summed E-state index contributed by atoms with van der Waals surface area (Å²) in [7, 11) is 1.60. The average molecular weight is 566 g/mol. The molecule has 1 aromatic carbocycles. The van der Waals surface area contributed by atoms with Crippen LogP contribution in [0.1, 0.15) is 53.3 Å². The van der Waals surface area contributed by atoms with Gasteiger partial charge in [-0.1, -0.05) is 18.2 Å². The minimum absolute atomic E-state index is 0.0606. The summed E-state index contributed by atoms with van der Waals surface area (Å²) >= 11 is 1.30. The van der Waals surface area contributed by atoms with Crippen LogP contribution in [-0.2, 0) is 19.1 Å². The van der Waals surface area contributed by atoms with Gasteiger partial charge in [-0.2, -0.15) is 0 Å². The quantitative estimate of drug-likeness (QED) is 0.404. The van der Waals surface area contributed by atoms with E-state index in [9.17, 15) is 14.4 Å². The zero-order valence-electron chi connectivity index (χ0n) is 22.4. The molecule has 1 spiro atoms. The van der Waals surface area contributed by atoms with E-state index in [0.717, 1.165) is 18.4 Å². The van der Waals surface area contributed by atoms with Crippen LogP contribution in [0.25, 0.3) is 10.8 Å². The van der Waals surface area contributed by atoms with E-state index in [1.807, 2.05) is 31.2 Å². The molecule has 0 bridgehead atoms. The fourth-order valence-electron chi connectivity index (χ4n) is 6.05. The summed E-state index contributed by atoms with van der Waals surface area (Å²) in [6.45, 7) is 3.21. The zero-order valence-corrected chi connectivity index (χ0v) is 23.2. The number of para-hydroxylation sites is 1. The Balaban J connectivity index is 1.44. The third-order valence-electron chi connectivity index (χ3n) is 8.27. The molecule has 2 fully saturated rings. The Hall–Kier alpha value is -3.54. The number of amides is 2. The average Bonchev–Trinajstić information content (AvgIpc) is 3.58. The number of nitrogens with two attached hydrogens (primary N) is 1. The SMILES string of the molecule is COc1ccccc1[C@H](CN1C(=O)C2(CC(C(N)=O)C2)C(=O)c2c1sc(-c1ncco1)c2C)OC1CCOCC1. The first-order chi connectivity index (χ1) is 19.3. The largest absolute Gasteiger partial charge is 0.496 e. The smallest absolute Gasteiger partial charge is 0.241 e. The molecule has 6 rings (SSSR count). The maximum absolute atomic E-state index is 14.3. The second-order valence-corrected chi connectivity index (χ2v) is 11.6. The lowest BCUT2D eigenvalue weighted by Gasteiger charge is -2.49. The number of primary amides is 1. The fourth-order valence-corrected chi connectivity index (χ4v) is 7.30. The van der Waals surface area contributed by atoms with E-state index in [4.69, 9.17) is 24.4 Å². The molecule has 1 saturated heterocycles. The fraction of sp³-hybridized carbons (Fsp3) is 0.448. The number of oxazole rings is 1. The number of hydrogen-bond acceptors (Lipinski definition) is 9. The Morgan fingerprint density at radius 1 is 1.25 bits per heavy atom. The third-order valence-corrected chi connectivity index (χ3v) is 9.57. The van der Waals surface area contributed by atoms with E-state index >= 15 is 0 Å². The molecular formula is C29H31N3O7S. The summed E-state index contributed by atoms with van der Waals surface area (Å²) in [5, 5.41) is 0.532. The Morgan fingerprint density at radius 3 is 2.67 bits per heavy atom. The van der Waals surface area contributed by atoms with Crippen molar-refractivity contribution < 1.29 is 33.0 Å². The zero-order chi connectivity index (χ0) is 28.0. The van der Waals surface area contributed by atoms with Gasteiger partial charge in [0, 0.05) is 24.7 Å². The molecule has 0 unspecified atom stereocenters. The molecule has 10 nitrogen and oxygen atoms in total. The first-order valence-electron chi connectivity index (χ1n) is 13.4. The molecule has 0 radical (unpaired) electrons. The highest BCUT2D eigenvalue weighted by molar-refractivity contribution is 7.20. The van der Waals surface area contributed by atoms with Crippen molar-refractivity contribution in [2.75, 3.05) is 31.8 Å². The van der Waals surface area contributed by atoms with Crippen LogP contribution in [0, 0.1) is 18.3 Å². The molecule has 1 aliphatic carbocycles. The van der Waals surface area contributed by atoms with Crippen LogP contribution >= 0.6 is 11.3 Å². The van der Waals surface area contributed by atoms with Crippen molar-refractivity contribution in [3.8, 4) is 16.5 Å². The molecule has 2 amide bonds. The predicted molar refractivity (Wildman–Crippen MR) is 146 cm³/mol. The maximum Gasteiger partial charge on any atom is 0.241 e. The summed E-state index contributed by atoms with van der Waals surface area (Å²) in [5.41, 5.74) is 6.19. The Kier molecular flexibility index (Phi) is 6.97. The number of thiophene rings is 1. The van der Waals surface area contributed by atoms with Gasteiger partial charge in [-0.15, -0.1) is 11.3 Å². The molecular weight excluding hydrogens is 534 g/mol. The maximum atomic E-state index is 14.3. The van der Waals surface area contributed by atoms with Gasteiger partial charge in [0.25, 0.3) is 0 Å². The van der Waals surface area contributed by atoms with E-state index < -0.39 is 23.3 Å². The number of anilines is 1. The normalized spacial score (nSPS) is 23.6. The molecule has 1 atom stereocenters. The van der Waals surface area contributed by atoms with Crippen molar-refractivity contribution in [2.45, 2.75) is 44.8 Å². The van der Waals surface area contributed by atoms with E-state index in [-0.39, 0.29) is 37.2 Å². The Morgan fingerprint density at radius 2 is 2.00 bits per heavy atom. The van der Waals surface area contributed by atoms with Gasteiger partial charge in [-0.25, -0.2) is 4.98 Å². The molecule has 2 aliphatic heterocycles. The molecule has 210 valence electrons. The molecule has 11 heteroatoms. The number of rotatable bonds is 8. The van der Waals surface area contributed by atoms with Crippen LogP contribution in [-0.4, -0.2) is 55.6 Å². The van der Waals surface area contributed by atoms with Gasteiger partial charge in [0.05, 0.1) is 36.4 Å². The third kappa shape index (κ3) is 4.32. The number of carbonyl (C=O) groups is 3. The molecule has 4 heterocycles. The van der Waals surface area contributed by atoms with E-state index in [1.54, 1.807) is 18.2 Å². The van der Waals surface area contributed by atoms with Gasteiger partial charge < -0.3 is 24.4 Å². The van der Waals surface area contributed by atoms with Crippen LogP contribution in [0.2, 0.25) is 0 Å². The van der Waals surface area contributed by atoms with Crippen molar-refractivity contribution in [3.05, 3.63) is 53.4 Å². The second kappa shape index (κ2) is 10.5. The predicted octanol–water partition coefficient (Wildman–Crippen LogP) is 4.07. The minimum Gasteiger partial charge on any atom is -0.496 e. The van der Waals surface area contributed by atoms with E-state index in [2.05, 4.69) is 4.98 Å². The van der Waals surface area contributed by atoms with Gasteiger partial charge in [0.15, 0.2) is 5.78 Å². The van der Waals surface area contributed by atoms with Crippen molar-refractivity contribution in [1.82, 2.24) is 4.98 Å². The van der Waals surface area contributed by atoms with Gasteiger partial charge in [-0.3, -0.25) is 19.3 Å². The summed E-state index contributed by atoms with van der Waals surface area (Å²) in [6, 6.07) is 7.59. The highest BCUT2D eigenvalue weighted by Gasteiger charge is 2.62. The van der Waals surface area contributed by atoms with E-state index in [1.165, 1.54) is 17.6 Å². The number of nitrogens with zero attached hydrogens (tertiary/aromatic N) is 2. The summed E-state index contributed by atoms with van der Waals surface area (Å²) in [4.78, 5) is 46.9. The molecule has 3 aliphatic rings. The molecule has 2 N–H and O–H groups in total.